The summed E-state index contributed by atoms with van der Waals surface area (Å²) < 4.78 is 5.36. The predicted octanol–water partition coefficient (Wildman–Crippen LogP) is 3.74. The first-order chi connectivity index (χ1) is 13.2. The van der Waals surface area contributed by atoms with Crippen molar-refractivity contribution >= 4 is 23.2 Å². The number of methoxy groups -OCH3 is 1. The summed E-state index contributed by atoms with van der Waals surface area (Å²) in [6, 6.07) is 13.8. The lowest BCUT2D eigenvalue weighted by Crippen LogP contribution is -2.29. The predicted molar refractivity (Wildman–Crippen MR) is 105 cm³/mol. The highest BCUT2D eigenvalue weighted by Gasteiger charge is 2.25. The number of hydrogen-bond donors (Lipinski definition) is 1. The number of para-hydroxylation sites is 1. The summed E-state index contributed by atoms with van der Waals surface area (Å²) in [4.78, 5) is 23.2. The van der Waals surface area contributed by atoms with Crippen molar-refractivity contribution in [1.82, 2.24) is 9.97 Å². The molecule has 6 heteroatoms. The lowest BCUT2D eigenvalue weighted by molar-refractivity contribution is 0.0988. The van der Waals surface area contributed by atoms with Gasteiger partial charge in [-0.3, -0.25) is 4.79 Å². The molecule has 1 aliphatic rings. The number of anilines is 3. The minimum Gasteiger partial charge on any atom is -0.495 e. The van der Waals surface area contributed by atoms with Gasteiger partial charge in [0, 0.05) is 24.6 Å². The topological polar surface area (TPSA) is 67.3 Å². The maximum Gasteiger partial charge on any atom is 0.261 e. The van der Waals surface area contributed by atoms with Gasteiger partial charge in [-0.15, -0.1) is 0 Å². The van der Waals surface area contributed by atoms with Gasteiger partial charge >= 0.3 is 0 Å². The van der Waals surface area contributed by atoms with E-state index in [1.54, 1.807) is 24.4 Å². The molecule has 1 N–H and O–H groups in total. The van der Waals surface area contributed by atoms with Crippen LogP contribution in [-0.4, -0.2) is 29.5 Å². The van der Waals surface area contributed by atoms with Crippen LogP contribution >= 0.6 is 0 Å². The molecule has 0 bridgehead atoms. The largest absolute Gasteiger partial charge is 0.495 e. The summed E-state index contributed by atoms with van der Waals surface area (Å²) in [6.45, 7) is 2.68. The van der Waals surface area contributed by atoms with E-state index in [1.807, 2.05) is 43.3 Å². The van der Waals surface area contributed by atoms with Crippen molar-refractivity contribution in [3.8, 4) is 5.75 Å². The molecule has 2 aromatic carbocycles. The summed E-state index contributed by atoms with van der Waals surface area (Å²) >= 11 is 0. The number of rotatable bonds is 4. The summed E-state index contributed by atoms with van der Waals surface area (Å²) in [5.74, 6) is 1.04. The molecule has 27 heavy (non-hydrogen) atoms. The molecular weight excluding hydrogens is 340 g/mol. The number of amides is 1. The van der Waals surface area contributed by atoms with Gasteiger partial charge in [0.25, 0.3) is 5.91 Å². The van der Waals surface area contributed by atoms with Crippen molar-refractivity contribution < 1.29 is 9.53 Å². The molecule has 0 saturated carbocycles. The molecule has 2 heterocycles. The highest BCUT2D eigenvalue weighted by molar-refractivity contribution is 6.07. The van der Waals surface area contributed by atoms with Crippen LogP contribution in [0.25, 0.3) is 0 Å². The van der Waals surface area contributed by atoms with Crippen molar-refractivity contribution in [3.05, 3.63) is 71.5 Å². The molecular formula is C21H20N4O2. The number of aryl methyl sites for hydroxylation is 1. The van der Waals surface area contributed by atoms with Crippen molar-refractivity contribution in [2.45, 2.75) is 13.3 Å². The lowest BCUT2D eigenvalue weighted by atomic mass is 10.2. The van der Waals surface area contributed by atoms with Crippen LogP contribution < -0.4 is 15.0 Å². The second-order valence-corrected chi connectivity index (χ2v) is 6.46. The third kappa shape index (κ3) is 3.33. The Kier molecular flexibility index (Phi) is 4.46. The van der Waals surface area contributed by atoms with Crippen LogP contribution in [0, 0.1) is 6.92 Å². The molecule has 1 aliphatic heterocycles. The minimum atomic E-state index is -0.0837. The zero-order chi connectivity index (χ0) is 18.8. The molecule has 0 unspecified atom stereocenters. The first-order valence-electron chi connectivity index (χ1n) is 8.79. The van der Waals surface area contributed by atoms with Gasteiger partial charge in [-0.05, 0) is 42.7 Å². The van der Waals surface area contributed by atoms with E-state index in [0.717, 1.165) is 23.4 Å². The molecule has 3 aromatic rings. The lowest BCUT2D eigenvalue weighted by Gasteiger charge is -2.17. The van der Waals surface area contributed by atoms with Crippen LogP contribution in [0.3, 0.4) is 0 Å². The third-order valence-corrected chi connectivity index (χ3v) is 4.63. The van der Waals surface area contributed by atoms with Gasteiger partial charge in [0.05, 0.1) is 18.4 Å². The van der Waals surface area contributed by atoms with E-state index in [4.69, 9.17) is 4.74 Å². The summed E-state index contributed by atoms with van der Waals surface area (Å²) in [5.41, 5.74) is 4.50. The smallest absolute Gasteiger partial charge is 0.261 e. The standard InChI is InChI=1S/C21H20N4O2/c1-14-7-8-19(27-2)17(11-14)24-21-22-12-16(13-23-21)20(26)25-10-9-15-5-3-4-6-18(15)25/h3-8,11-13H,9-10H2,1-2H3,(H,22,23,24). The van der Waals surface area contributed by atoms with Crippen molar-refractivity contribution in [2.24, 2.45) is 0 Å². The Morgan fingerprint density at radius 3 is 2.70 bits per heavy atom. The van der Waals surface area contributed by atoms with E-state index in [-0.39, 0.29) is 5.91 Å². The highest BCUT2D eigenvalue weighted by atomic mass is 16.5. The molecule has 0 spiro atoms. The number of nitrogens with one attached hydrogen (secondary N) is 1. The summed E-state index contributed by atoms with van der Waals surface area (Å²) in [5, 5.41) is 3.14. The quantitative estimate of drug-likeness (QED) is 0.768. The fourth-order valence-corrected chi connectivity index (χ4v) is 3.25. The zero-order valence-electron chi connectivity index (χ0n) is 15.3. The molecule has 0 saturated heterocycles. The SMILES string of the molecule is COc1ccc(C)cc1Nc1ncc(C(=O)N2CCc3ccccc32)cn1. The number of hydrogen-bond acceptors (Lipinski definition) is 5. The maximum absolute atomic E-state index is 12.8. The summed E-state index contributed by atoms with van der Waals surface area (Å²) in [6.07, 6.45) is 3.98. The van der Waals surface area contributed by atoms with E-state index >= 15 is 0 Å². The van der Waals surface area contributed by atoms with Gasteiger partial charge in [0.15, 0.2) is 0 Å². The van der Waals surface area contributed by atoms with Crippen LogP contribution in [0.5, 0.6) is 5.75 Å². The molecule has 4 rings (SSSR count). The van der Waals surface area contributed by atoms with Crippen LogP contribution in [0.1, 0.15) is 21.5 Å². The third-order valence-electron chi connectivity index (χ3n) is 4.63. The van der Waals surface area contributed by atoms with Crippen LogP contribution in [-0.2, 0) is 6.42 Å². The maximum atomic E-state index is 12.8. The number of nitrogens with zero attached hydrogens (tertiary/aromatic N) is 3. The van der Waals surface area contributed by atoms with E-state index in [1.165, 1.54) is 5.56 Å². The number of fused-ring (bicyclic) bond motifs is 1. The Labute approximate surface area is 157 Å². The van der Waals surface area contributed by atoms with Gasteiger partial charge < -0.3 is 15.0 Å². The average molecular weight is 360 g/mol. The van der Waals surface area contributed by atoms with E-state index in [0.29, 0.717) is 23.8 Å². The Hall–Kier alpha value is -3.41. The van der Waals surface area contributed by atoms with Gasteiger partial charge in [0.1, 0.15) is 5.75 Å². The van der Waals surface area contributed by atoms with Gasteiger partial charge in [-0.1, -0.05) is 24.3 Å². The fraction of sp³-hybridized carbons (Fsp3) is 0.190. The number of carbonyl (C=O) groups is 1. The number of benzene rings is 2. The molecule has 1 amide bonds. The molecule has 6 nitrogen and oxygen atoms in total. The first kappa shape index (κ1) is 17.0. The molecule has 0 radical (unpaired) electrons. The first-order valence-corrected chi connectivity index (χ1v) is 8.79. The monoisotopic (exact) mass is 360 g/mol. The van der Waals surface area contributed by atoms with Crippen LogP contribution in [0.15, 0.2) is 54.9 Å². The van der Waals surface area contributed by atoms with Gasteiger partial charge in [-0.2, -0.15) is 0 Å². The number of carbonyl (C=O) groups excluding carboxylic acids is 1. The van der Waals surface area contributed by atoms with E-state index < -0.39 is 0 Å². The Bertz CT molecular complexity index is 986. The highest BCUT2D eigenvalue weighted by Crippen LogP contribution is 2.29. The molecule has 0 atom stereocenters. The van der Waals surface area contributed by atoms with Crippen LogP contribution in [0.2, 0.25) is 0 Å². The molecule has 136 valence electrons. The molecule has 1 aromatic heterocycles. The van der Waals surface area contributed by atoms with Crippen molar-refractivity contribution in [1.29, 1.82) is 0 Å². The normalized spacial score (nSPS) is 12.6. The van der Waals surface area contributed by atoms with Crippen molar-refractivity contribution in [2.75, 3.05) is 23.9 Å². The number of ether oxygens (including phenoxy) is 1. The Morgan fingerprint density at radius 2 is 1.93 bits per heavy atom. The Balaban J connectivity index is 1.53. The minimum absolute atomic E-state index is 0.0837. The second-order valence-electron chi connectivity index (χ2n) is 6.46. The van der Waals surface area contributed by atoms with Gasteiger partial charge in [0.2, 0.25) is 5.95 Å². The van der Waals surface area contributed by atoms with E-state index in [2.05, 4.69) is 21.4 Å². The molecule has 0 aliphatic carbocycles. The Morgan fingerprint density at radius 1 is 1.15 bits per heavy atom. The van der Waals surface area contributed by atoms with E-state index in [9.17, 15) is 4.79 Å². The fourth-order valence-electron chi connectivity index (χ4n) is 3.25. The van der Waals surface area contributed by atoms with Gasteiger partial charge in [-0.25, -0.2) is 9.97 Å². The van der Waals surface area contributed by atoms with Crippen LogP contribution in [0.4, 0.5) is 17.3 Å². The average Bonchev–Trinajstić information content (AvgIpc) is 3.12. The molecule has 0 fully saturated rings. The second kappa shape index (κ2) is 7.07. The zero-order valence-corrected chi connectivity index (χ0v) is 15.3. The van der Waals surface area contributed by atoms with Crippen molar-refractivity contribution in [3.63, 3.8) is 0 Å². The summed E-state index contributed by atoms with van der Waals surface area (Å²) in [7, 11) is 1.62. The number of aromatic nitrogens is 2.